The Labute approximate surface area is 431 Å². The smallest absolute Gasteiger partial charge is 0.329 e. The summed E-state index contributed by atoms with van der Waals surface area (Å²) in [7, 11) is 2.78. The van der Waals surface area contributed by atoms with E-state index in [0.29, 0.717) is 44.8 Å². The van der Waals surface area contributed by atoms with Crippen molar-refractivity contribution in [2.45, 2.75) is 49.5 Å². The first-order chi connectivity index (χ1) is 36.0. The van der Waals surface area contributed by atoms with E-state index in [-0.39, 0.29) is 29.6 Å². The van der Waals surface area contributed by atoms with E-state index in [1.165, 1.54) is 18.4 Å². The van der Waals surface area contributed by atoms with Gasteiger partial charge in [0.15, 0.2) is 5.13 Å². The van der Waals surface area contributed by atoms with Crippen LogP contribution in [0, 0.1) is 23.7 Å². The van der Waals surface area contributed by atoms with E-state index < -0.39 is 77.3 Å². The Kier molecular flexibility index (Phi) is 13.7. The van der Waals surface area contributed by atoms with Crippen LogP contribution in [0.2, 0.25) is 0 Å². The minimum atomic E-state index is -2.18. The Morgan fingerprint density at radius 2 is 1.46 bits per heavy atom. The molecule has 3 N–H and O–H groups in total. The van der Waals surface area contributed by atoms with Crippen molar-refractivity contribution in [3.05, 3.63) is 185 Å². The van der Waals surface area contributed by atoms with E-state index in [0.717, 1.165) is 9.60 Å². The van der Waals surface area contributed by atoms with Gasteiger partial charge >= 0.3 is 18.0 Å². The van der Waals surface area contributed by atoms with Crippen LogP contribution in [-0.4, -0.2) is 84.3 Å². The number of esters is 2. The predicted molar refractivity (Wildman–Crippen MR) is 277 cm³/mol. The number of thiazole rings is 1. The second-order valence-corrected chi connectivity index (χ2v) is 19.5. The van der Waals surface area contributed by atoms with Crippen molar-refractivity contribution in [2.75, 3.05) is 37.7 Å². The summed E-state index contributed by atoms with van der Waals surface area (Å²) >= 11 is 1.22. The molecule has 0 saturated carbocycles. The molecule has 0 bridgehead atoms. The number of para-hydroxylation sites is 1. The topological polar surface area (TPSA) is 186 Å². The lowest BCUT2D eigenvalue weighted by Gasteiger charge is -2.46. The number of hydrogen-bond acceptors (Lipinski definition) is 13. The molecule has 4 heterocycles. The quantitative estimate of drug-likeness (QED) is 0.0787. The molecule has 2 saturated heterocycles. The van der Waals surface area contributed by atoms with Crippen LogP contribution in [0.15, 0.2) is 152 Å². The number of cyclic esters (lactones) is 1. The molecule has 0 radical (unpaired) electrons. The highest BCUT2D eigenvalue weighted by atomic mass is 32.1. The highest BCUT2D eigenvalue weighted by molar-refractivity contribution is 7.22. The molecule has 0 aliphatic carbocycles. The van der Waals surface area contributed by atoms with Gasteiger partial charge in [0.05, 0.1) is 54.7 Å². The van der Waals surface area contributed by atoms with Gasteiger partial charge in [-0.25, -0.2) is 19.5 Å². The molecular formula is C58H51N5O10S. The minimum Gasteiger partial charge on any atom is -0.497 e. The van der Waals surface area contributed by atoms with E-state index in [1.54, 1.807) is 87.7 Å². The number of ether oxygens (including phenoxy) is 4. The standard InChI is InChI=1S/C58H51N5O10S/c1-34(2)47(53(66)71-4)60-57(69)62-44-29-26-36(23-22-35-24-27-40(70-3)28-25-35)32-42(44)58(55(62)68)46(52(65)61-56-59-43-20-11-12-21-45(43)74-56)49-54(67)73-50(38-16-9-6-10-17-38)48(37-14-7-5-8-15-37)63(49)51(58)39-18-13-19-41(33-39)72-31-30-64/h5-21,24-29,32-34,46-51,64H,30-31H2,1-4H3,(H,60,69)(H,59,61,65)/t46-,47-,48-,49-,50+,51+,58-/m0/s1. The number of nitrogens with zero attached hydrogens (tertiary/aromatic N) is 3. The van der Waals surface area contributed by atoms with Crippen molar-refractivity contribution in [2.24, 2.45) is 11.8 Å². The second-order valence-electron chi connectivity index (χ2n) is 18.4. The summed E-state index contributed by atoms with van der Waals surface area (Å²) < 4.78 is 23.9. The molecule has 374 valence electrons. The number of fused-ring (bicyclic) bond motifs is 4. The summed E-state index contributed by atoms with van der Waals surface area (Å²) in [5.74, 6) is 2.15. The van der Waals surface area contributed by atoms with Crippen LogP contribution in [-0.2, 0) is 34.1 Å². The summed E-state index contributed by atoms with van der Waals surface area (Å²) in [6, 6.07) is 39.4. The second kappa shape index (κ2) is 20.6. The predicted octanol–water partition coefficient (Wildman–Crippen LogP) is 8.29. The Morgan fingerprint density at radius 3 is 2.15 bits per heavy atom. The van der Waals surface area contributed by atoms with Crippen LogP contribution >= 0.6 is 11.3 Å². The van der Waals surface area contributed by atoms with Crippen molar-refractivity contribution in [1.82, 2.24) is 15.2 Å². The number of aliphatic hydroxyl groups is 1. The number of rotatable bonds is 12. The summed E-state index contributed by atoms with van der Waals surface area (Å²) in [6.45, 7) is 3.11. The fourth-order valence-corrected chi connectivity index (χ4v) is 11.5. The summed E-state index contributed by atoms with van der Waals surface area (Å²) in [6.07, 6.45) is -0.981. The van der Waals surface area contributed by atoms with Gasteiger partial charge in [-0.05, 0) is 94.9 Å². The number of carbonyl (C=O) groups is 5. The molecule has 0 unspecified atom stereocenters. The van der Waals surface area contributed by atoms with Crippen molar-refractivity contribution in [3.8, 4) is 23.3 Å². The normalized spacial score (nSPS) is 21.3. The van der Waals surface area contributed by atoms with Crippen molar-refractivity contribution in [3.63, 3.8) is 0 Å². The summed E-state index contributed by atoms with van der Waals surface area (Å²) in [5.41, 5.74) is 1.62. The lowest BCUT2D eigenvalue weighted by Crippen LogP contribution is -2.57. The van der Waals surface area contributed by atoms with Gasteiger partial charge < -0.3 is 34.7 Å². The summed E-state index contributed by atoms with van der Waals surface area (Å²) in [5, 5.41) is 15.9. The number of benzene rings is 6. The van der Waals surface area contributed by atoms with Crippen LogP contribution in [0.25, 0.3) is 10.2 Å². The van der Waals surface area contributed by atoms with Crippen LogP contribution in [0.1, 0.15) is 65.4 Å². The van der Waals surface area contributed by atoms with E-state index in [1.807, 2.05) is 89.8 Å². The molecule has 10 rings (SSSR count). The number of carbonyl (C=O) groups excluding carboxylic acids is 5. The SMILES string of the molecule is COC(=O)[C@@H](NC(=O)N1C(=O)[C@@]2(c3cc(C#Cc4ccc(OC)cc4)ccc31)[C@H](C(=O)Nc1nc3ccccc3s1)[C@H]1C(=O)O[C@H](c3ccccc3)[C@H](c3ccccc3)N1[C@@H]2c1cccc(OCCO)c1)C(C)C. The van der Waals surface area contributed by atoms with Gasteiger partial charge in [0.2, 0.25) is 11.8 Å². The average molecular weight is 1010 g/mol. The molecular weight excluding hydrogens is 959 g/mol. The molecule has 7 aromatic rings. The van der Waals surface area contributed by atoms with Gasteiger partial charge in [-0.15, -0.1) is 0 Å². The molecule has 7 atom stereocenters. The third-order valence-corrected chi connectivity index (χ3v) is 14.8. The molecule has 3 aliphatic heterocycles. The number of imide groups is 1. The number of aliphatic hydroxyl groups excluding tert-OH is 1. The zero-order valence-corrected chi connectivity index (χ0v) is 41.6. The molecule has 3 aliphatic rings. The molecule has 4 amide bonds. The molecule has 6 aromatic carbocycles. The highest BCUT2D eigenvalue weighted by Crippen LogP contribution is 2.66. The number of morpholine rings is 1. The maximum atomic E-state index is 16.8. The largest absolute Gasteiger partial charge is 0.497 e. The number of amides is 4. The van der Waals surface area contributed by atoms with Gasteiger partial charge in [0, 0.05) is 11.1 Å². The Bertz CT molecular complexity index is 3310. The van der Waals surface area contributed by atoms with Gasteiger partial charge in [-0.1, -0.05) is 122 Å². The third-order valence-electron chi connectivity index (χ3n) is 13.8. The first-order valence-corrected chi connectivity index (χ1v) is 24.9. The number of aromatic nitrogens is 1. The number of methoxy groups -OCH3 is 2. The van der Waals surface area contributed by atoms with Gasteiger partial charge in [-0.3, -0.25) is 19.3 Å². The number of urea groups is 1. The van der Waals surface area contributed by atoms with Crippen LogP contribution in [0.4, 0.5) is 15.6 Å². The van der Waals surface area contributed by atoms with Crippen molar-refractivity contribution >= 4 is 62.2 Å². The maximum absolute atomic E-state index is 16.8. The number of nitrogens with one attached hydrogen (secondary N) is 2. The fourth-order valence-electron chi connectivity index (χ4n) is 10.7. The zero-order valence-electron chi connectivity index (χ0n) is 40.8. The highest BCUT2D eigenvalue weighted by Gasteiger charge is 2.76. The minimum absolute atomic E-state index is 0.0585. The van der Waals surface area contributed by atoms with E-state index in [4.69, 9.17) is 23.9 Å². The maximum Gasteiger partial charge on any atom is 0.329 e. The molecule has 16 heteroatoms. The fraction of sp³-hybridized carbons (Fsp3) is 0.241. The Hall–Kier alpha value is -8.36. The molecule has 1 spiro atoms. The zero-order chi connectivity index (χ0) is 51.7. The Balaban J connectivity index is 1.28. The van der Waals surface area contributed by atoms with Crippen LogP contribution in [0.3, 0.4) is 0 Å². The first-order valence-electron chi connectivity index (χ1n) is 24.1. The molecule has 1 aromatic heterocycles. The van der Waals surface area contributed by atoms with Gasteiger partial charge in [0.1, 0.15) is 41.7 Å². The van der Waals surface area contributed by atoms with Crippen molar-refractivity contribution in [1.29, 1.82) is 0 Å². The van der Waals surface area contributed by atoms with E-state index >= 15 is 19.2 Å². The summed E-state index contributed by atoms with van der Waals surface area (Å²) in [4.78, 5) is 84.7. The Morgan fingerprint density at radius 1 is 0.784 bits per heavy atom. The van der Waals surface area contributed by atoms with Gasteiger partial charge in [-0.2, -0.15) is 0 Å². The molecule has 74 heavy (non-hydrogen) atoms. The number of hydrogen-bond donors (Lipinski definition) is 3. The average Bonchev–Trinajstić information content (AvgIpc) is 4.13. The lowest BCUT2D eigenvalue weighted by molar-refractivity contribution is -0.177. The van der Waals surface area contributed by atoms with Gasteiger partial charge in [0.25, 0.3) is 0 Å². The van der Waals surface area contributed by atoms with Crippen LogP contribution < -0.4 is 25.0 Å². The first kappa shape index (κ1) is 49.2. The van der Waals surface area contributed by atoms with E-state index in [9.17, 15) is 9.90 Å². The van der Waals surface area contributed by atoms with Crippen molar-refractivity contribution < 1.29 is 48.0 Å². The van der Waals surface area contributed by atoms with E-state index in [2.05, 4.69) is 22.5 Å². The lowest BCUT2D eigenvalue weighted by atomic mass is 9.65. The monoisotopic (exact) mass is 1010 g/mol. The molecule has 15 nitrogen and oxygen atoms in total. The number of anilines is 2. The third kappa shape index (κ3) is 8.78. The molecule has 2 fully saturated rings. The van der Waals surface area contributed by atoms with Crippen LogP contribution in [0.5, 0.6) is 11.5 Å².